The van der Waals surface area contributed by atoms with E-state index in [1.165, 1.54) is 18.7 Å². The summed E-state index contributed by atoms with van der Waals surface area (Å²) in [6, 6.07) is 17.7. The highest BCUT2D eigenvalue weighted by Gasteiger charge is 2.16. The van der Waals surface area contributed by atoms with Crippen molar-refractivity contribution in [1.82, 2.24) is 10.2 Å². The van der Waals surface area contributed by atoms with E-state index in [4.69, 9.17) is 4.74 Å². The average Bonchev–Trinajstić information content (AvgIpc) is 2.88. The van der Waals surface area contributed by atoms with E-state index in [0.717, 1.165) is 57.4 Å². The van der Waals surface area contributed by atoms with E-state index < -0.39 is 0 Å². The standard InChI is InChI=1S/C28H39N3O3/c1-2-18-30-19-21-31(22-20-30)26-15-13-25(14-16-26)28(33)29-17-9-4-3-8-12-27(32)34-23-24-10-6-5-7-11-24/h5-7,10-11,13-16H,2-4,8-9,12,17-23H2,1H3,(H,29,33). The van der Waals surface area contributed by atoms with Crippen LogP contribution in [0.3, 0.4) is 0 Å². The molecule has 1 amide bonds. The number of nitrogens with zero attached hydrogens (tertiary/aromatic N) is 2. The number of benzene rings is 2. The second-order valence-corrected chi connectivity index (χ2v) is 8.94. The Hall–Kier alpha value is -2.86. The summed E-state index contributed by atoms with van der Waals surface area (Å²) in [5.74, 6) is -0.174. The first-order chi connectivity index (χ1) is 16.7. The number of piperazine rings is 1. The first-order valence-corrected chi connectivity index (χ1v) is 12.7. The number of carbonyl (C=O) groups is 2. The van der Waals surface area contributed by atoms with Crippen molar-refractivity contribution in [2.75, 3.05) is 44.2 Å². The lowest BCUT2D eigenvalue weighted by Crippen LogP contribution is -2.46. The molecule has 2 aromatic carbocycles. The number of carbonyl (C=O) groups excluding carboxylic acids is 2. The zero-order chi connectivity index (χ0) is 24.0. The molecule has 1 aliphatic heterocycles. The molecule has 6 nitrogen and oxygen atoms in total. The van der Waals surface area contributed by atoms with Crippen molar-refractivity contribution in [3.8, 4) is 0 Å². The van der Waals surface area contributed by atoms with Crippen LogP contribution >= 0.6 is 0 Å². The van der Waals surface area contributed by atoms with E-state index in [1.807, 2.05) is 42.5 Å². The third-order valence-electron chi connectivity index (χ3n) is 6.24. The molecule has 0 saturated carbocycles. The van der Waals surface area contributed by atoms with Crippen LogP contribution < -0.4 is 10.2 Å². The van der Waals surface area contributed by atoms with Crippen molar-refractivity contribution < 1.29 is 14.3 Å². The lowest BCUT2D eigenvalue weighted by Gasteiger charge is -2.36. The smallest absolute Gasteiger partial charge is 0.306 e. The van der Waals surface area contributed by atoms with Crippen molar-refractivity contribution in [1.29, 1.82) is 0 Å². The second kappa shape index (κ2) is 14.4. The minimum atomic E-state index is -0.150. The largest absolute Gasteiger partial charge is 0.461 e. The normalized spacial score (nSPS) is 14.1. The van der Waals surface area contributed by atoms with Gasteiger partial charge >= 0.3 is 5.97 Å². The van der Waals surface area contributed by atoms with Gasteiger partial charge in [-0.15, -0.1) is 0 Å². The van der Waals surface area contributed by atoms with Gasteiger partial charge in [-0.2, -0.15) is 0 Å². The molecule has 184 valence electrons. The zero-order valence-electron chi connectivity index (χ0n) is 20.5. The van der Waals surface area contributed by atoms with E-state index in [-0.39, 0.29) is 11.9 Å². The SMILES string of the molecule is CCCN1CCN(c2ccc(C(=O)NCCCCCCC(=O)OCc3ccccc3)cc2)CC1. The highest BCUT2D eigenvalue weighted by molar-refractivity contribution is 5.94. The molecular formula is C28H39N3O3. The highest BCUT2D eigenvalue weighted by atomic mass is 16.5. The molecule has 2 aromatic rings. The molecule has 0 bridgehead atoms. The third kappa shape index (κ3) is 8.82. The maximum atomic E-state index is 12.4. The van der Waals surface area contributed by atoms with E-state index in [1.54, 1.807) is 0 Å². The van der Waals surface area contributed by atoms with Gasteiger partial charge in [0.2, 0.25) is 0 Å². The maximum absolute atomic E-state index is 12.4. The fraction of sp³-hybridized carbons (Fsp3) is 0.500. The Balaban J connectivity index is 1.23. The summed E-state index contributed by atoms with van der Waals surface area (Å²) in [5, 5.41) is 3.01. The number of unbranched alkanes of at least 4 members (excludes halogenated alkanes) is 3. The Morgan fingerprint density at radius 1 is 0.882 bits per heavy atom. The third-order valence-corrected chi connectivity index (χ3v) is 6.24. The van der Waals surface area contributed by atoms with Crippen LogP contribution in [-0.2, 0) is 16.1 Å². The number of hydrogen-bond donors (Lipinski definition) is 1. The molecule has 1 N–H and O–H groups in total. The predicted octanol–water partition coefficient (Wildman–Crippen LogP) is 4.64. The predicted molar refractivity (Wildman–Crippen MR) is 137 cm³/mol. The van der Waals surface area contributed by atoms with Crippen LogP contribution in [0.15, 0.2) is 54.6 Å². The summed E-state index contributed by atoms with van der Waals surface area (Å²) < 4.78 is 5.30. The van der Waals surface area contributed by atoms with Gasteiger partial charge in [-0.05, 0) is 55.6 Å². The molecule has 0 aliphatic carbocycles. The van der Waals surface area contributed by atoms with Gasteiger partial charge < -0.3 is 15.0 Å². The molecule has 34 heavy (non-hydrogen) atoms. The van der Waals surface area contributed by atoms with Crippen molar-refractivity contribution in [3.05, 3.63) is 65.7 Å². The fourth-order valence-corrected chi connectivity index (χ4v) is 4.23. The minimum Gasteiger partial charge on any atom is -0.461 e. The van der Waals surface area contributed by atoms with E-state index in [0.29, 0.717) is 25.1 Å². The van der Waals surface area contributed by atoms with Gasteiger partial charge in [0.1, 0.15) is 6.61 Å². The molecular weight excluding hydrogens is 426 g/mol. The van der Waals surface area contributed by atoms with Crippen molar-refractivity contribution in [3.63, 3.8) is 0 Å². The minimum absolute atomic E-state index is 0.0243. The zero-order valence-corrected chi connectivity index (χ0v) is 20.5. The number of hydrogen-bond acceptors (Lipinski definition) is 5. The van der Waals surface area contributed by atoms with Crippen LogP contribution in [0.5, 0.6) is 0 Å². The first kappa shape index (κ1) is 25.8. The summed E-state index contributed by atoms with van der Waals surface area (Å²) in [6.07, 6.45) is 5.30. The number of anilines is 1. The Morgan fingerprint density at radius 2 is 1.59 bits per heavy atom. The molecule has 1 fully saturated rings. The molecule has 6 heteroatoms. The average molecular weight is 466 g/mol. The summed E-state index contributed by atoms with van der Waals surface area (Å²) in [5.41, 5.74) is 2.90. The summed E-state index contributed by atoms with van der Waals surface area (Å²) in [4.78, 5) is 29.2. The van der Waals surface area contributed by atoms with Gasteiger partial charge in [0.05, 0.1) is 0 Å². The lowest BCUT2D eigenvalue weighted by molar-refractivity contribution is -0.145. The number of nitrogens with one attached hydrogen (secondary N) is 1. The number of ether oxygens (including phenoxy) is 1. The Kier molecular flexibility index (Phi) is 10.9. The van der Waals surface area contributed by atoms with E-state index >= 15 is 0 Å². The van der Waals surface area contributed by atoms with Crippen LogP contribution in [0.4, 0.5) is 5.69 Å². The molecule has 0 spiro atoms. The Labute approximate surface area is 204 Å². The van der Waals surface area contributed by atoms with Crippen LogP contribution in [-0.4, -0.2) is 56.0 Å². The molecule has 0 radical (unpaired) electrons. The highest BCUT2D eigenvalue weighted by Crippen LogP contribution is 2.17. The van der Waals surface area contributed by atoms with Crippen LogP contribution in [0.2, 0.25) is 0 Å². The maximum Gasteiger partial charge on any atom is 0.306 e. The first-order valence-electron chi connectivity index (χ1n) is 12.7. The summed E-state index contributed by atoms with van der Waals surface area (Å²) in [7, 11) is 0. The number of amides is 1. The van der Waals surface area contributed by atoms with Gasteiger partial charge in [-0.3, -0.25) is 14.5 Å². The number of rotatable bonds is 13. The Bertz CT molecular complexity index is 862. The van der Waals surface area contributed by atoms with Gasteiger partial charge in [0, 0.05) is 50.4 Å². The molecule has 1 saturated heterocycles. The number of esters is 1. The molecule has 1 heterocycles. The monoisotopic (exact) mass is 465 g/mol. The van der Waals surface area contributed by atoms with E-state index in [9.17, 15) is 9.59 Å². The molecule has 0 unspecified atom stereocenters. The van der Waals surface area contributed by atoms with E-state index in [2.05, 4.69) is 34.2 Å². The Morgan fingerprint density at radius 3 is 2.29 bits per heavy atom. The molecule has 0 atom stereocenters. The summed E-state index contributed by atoms with van der Waals surface area (Å²) in [6.45, 7) is 8.67. The second-order valence-electron chi connectivity index (χ2n) is 8.94. The summed E-state index contributed by atoms with van der Waals surface area (Å²) >= 11 is 0. The quantitative estimate of drug-likeness (QED) is 0.345. The molecule has 1 aliphatic rings. The topological polar surface area (TPSA) is 61.9 Å². The lowest BCUT2D eigenvalue weighted by atomic mass is 10.1. The van der Waals surface area contributed by atoms with Crippen LogP contribution in [0.25, 0.3) is 0 Å². The van der Waals surface area contributed by atoms with Crippen LogP contribution in [0, 0.1) is 0 Å². The van der Waals surface area contributed by atoms with Gasteiger partial charge in [-0.1, -0.05) is 50.1 Å². The van der Waals surface area contributed by atoms with Crippen molar-refractivity contribution >= 4 is 17.6 Å². The van der Waals surface area contributed by atoms with Crippen LogP contribution in [0.1, 0.15) is 61.4 Å². The van der Waals surface area contributed by atoms with Gasteiger partial charge in [-0.25, -0.2) is 0 Å². The van der Waals surface area contributed by atoms with Gasteiger partial charge in [0.25, 0.3) is 5.91 Å². The molecule has 0 aromatic heterocycles. The fourth-order valence-electron chi connectivity index (χ4n) is 4.23. The van der Waals surface area contributed by atoms with Crippen molar-refractivity contribution in [2.24, 2.45) is 0 Å². The molecule has 3 rings (SSSR count). The van der Waals surface area contributed by atoms with Crippen molar-refractivity contribution in [2.45, 2.75) is 52.1 Å². The van der Waals surface area contributed by atoms with Gasteiger partial charge in [0.15, 0.2) is 0 Å².